The second-order valence-electron chi connectivity index (χ2n) is 3.91. The molecule has 5 nitrogen and oxygen atoms in total. The molecule has 0 atom stereocenters. The number of benzene rings is 1. The van der Waals surface area contributed by atoms with Crippen molar-refractivity contribution in [2.24, 2.45) is 0 Å². The van der Waals surface area contributed by atoms with Gasteiger partial charge >= 0.3 is 5.97 Å². The molecule has 0 spiro atoms. The van der Waals surface area contributed by atoms with E-state index in [2.05, 4.69) is 4.72 Å². The summed E-state index contributed by atoms with van der Waals surface area (Å²) in [7, 11) is -3.84. The summed E-state index contributed by atoms with van der Waals surface area (Å²) in [5.74, 6) is -1.17. The van der Waals surface area contributed by atoms with Crippen molar-refractivity contribution in [2.75, 3.05) is 11.0 Å². The van der Waals surface area contributed by atoms with Gasteiger partial charge in [-0.15, -0.1) is 23.1 Å². The lowest BCUT2D eigenvalue weighted by molar-refractivity contribution is 0.0697. The zero-order chi connectivity index (χ0) is 15.6. The Labute approximate surface area is 135 Å². The van der Waals surface area contributed by atoms with Crippen LogP contribution in [0.15, 0.2) is 38.8 Å². The van der Waals surface area contributed by atoms with Gasteiger partial charge in [0.05, 0.1) is 11.3 Å². The lowest BCUT2D eigenvalue weighted by Crippen LogP contribution is -2.12. The number of nitrogens with one attached hydrogen (secondary N) is 1. The Bertz CT molecular complexity index is 786. The highest BCUT2D eigenvalue weighted by atomic mass is 35.5. The van der Waals surface area contributed by atoms with E-state index in [9.17, 15) is 13.2 Å². The summed E-state index contributed by atoms with van der Waals surface area (Å²) in [6.45, 7) is 0. The fourth-order valence-electron chi connectivity index (χ4n) is 1.52. The van der Waals surface area contributed by atoms with Crippen molar-refractivity contribution in [3.63, 3.8) is 0 Å². The van der Waals surface area contributed by atoms with Crippen LogP contribution in [0.1, 0.15) is 10.4 Å². The maximum atomic E-state index is 12.3. The summed E-state index contributed by atoms with van der Waals surface area (Å²) in [4.78, 5) is 11.5. The molecule has 0 amide bonds. The molecule has 1 aromatic carbocycles. The third-order valence-corrected chi connectivity index (χ3v) is 6.33. The van der Waals surface area contributed by atoms with Crippen LogP contribution >= 0.6 is 34.7 Å². The van der Waals surface area contributed by atoms with Gasteiger partial charge in [-0.1, -0.05) is 11.6 Å². The van der Waals surface area contributed by atoms with Gasteiger partial charge in [0.25, 0.3) is 10.0 Å². The highest BCUT2D eigenvalue weighted by Gasteiger charge is 2.20. The quantitative estimate of drug-likeness (QED) is 0.792. The summed E-state index contributed by atoms with van der Waals surface area (Å²) in [6, 6.07) is 6.01. The van der Waals surface area contributed by atoms with Crippen LogP contribution in [0.3, 0.4) is 0 Å². The van der Waals surface area contributed by atoms with E-state index < -0.39 is 16.0 Å². The molecule has 2 aromatic rings. The van der Waals surface area contributed by atoms with Crippen molar-refractivity contribution in [3.05, 3.63) is 40.2 Å². The number of hydrogen-bond acceptors (Lipinski definition) is 5. The monoisotopic (exact) mass is 363 g/mol. The van der Waals surface area contributed by atoms with E-state index in [0.29, 0.717) is 10.7 Å². The van der Waals surface area contributed by atoms with E-state index in [1.165, 1.54) is 23.2 Å². The van der Waals surface area contributed by atoms with Crippen LogP contribution in [0.2, 0.25) is 5.02 Å². The van der Waals surface area contributed by atoms with Crippen LogP contribution in [0.5, 0.6) is 0 Å². The van der Waals surface area contributed by atoms with E-state index in [0.717, 1.165) is 22.3 Å². The molecule has 1 heterocycles. The molecule has 1 aromatic heterocycles. The Morgan fingerprint density at radius 1 is 1.38 bits per heavy atom. The number of carboxylic acid groups (broad SMARTS) is 1. The second-order valence-corrected chi connectivity index (χ2v) is 8.01. The van der Waals surface area contributed by atoms with Gasteiger partial charge < -0.3 is 5.11 Å². The van der Waals surface area contributed by atoms with Crippen LogP contribution in [0, 0.1) is 0 Å². The number of sulfonamides is 1. The Balaban J connectivity index is 2.37. The van der Waals surface area contributed by atoms with E-state index in [4.69, 9.17) is 16.7 Å². The summed E-state index contributed by atoms with van der Waals surface area (Å²) in [6.07, 6.45) is 1.81. The van der Waals surface area contributed by atoms with E-state index in [1.807, 2.05) is 6.26 Å². The number of thiophene rings is 1. The number of aromatic carboxylic acids is 1. The lowest BCUT2D eigenvalue weighted by atomic mass is 10.3. The van der Waals surface area contributed by atoms with Crippen molar-refractivity contribution in [1.29, 1.82) is 0 Å². The maximum Gasteiger partial charge on any atom is 0.336 e. The average Bonchev–Trinajstić information content (AvgIpc) is 2.89. The lowest BCUT2D eigenvalue weighted by Gasteiger charge is -2.10. The fraction of sp³-hybridized carbons (Fsp3) is 0.0833. The molecule has 2 N–H and O–H groups in total. The van der Waals surface area contributed by atoms with Gasteiger partial charge in [0.2, 0.25) is 0 Å². The topological polar surface area (TPSA) is 83.5 Å². The van der Waals surface area contributed by atoms with Gasteiger partial charge in [-0.2, -0.15) is 0 Å². The largest absolute Gasteiger partial charge is 0.478 e. The normalized spacial score (nSPS) is 11.3. The summed E-state index contributed by atoms with van der Waals surface area (Å²) in [5, 5.41) is 10.5. The van der Waals surface area contributed by atoms with Crippen LogP contribution in [0.25, 0.3) is 0 Å². The summed E-state index contributed by atoms with van der Waals surface area (Å²) in [5.41, 5.74) is 0.303. The highest BCUT2D eigenvalue weighted by molar-refractivity contribution is 7.99. The number of carboxylic acids is 1. The molecular weight excluding hydrogens is 354 g/mol. The summed E-state index contributed by atoms with van der Waals surface area (Å²) < 4.78 is 26.9. The maximum absolute atomic E-state index is 12.3. The Morgan fingerprint density at radius 3 is 2.67 bits per heavy atom. The minimum atomic E-state index is -3.84. The molecule has 9 heteroatoms. The number of halogens is 1. The van der Waals surface area contributed by atoms with Crippen LogP contribution in [-0.2, 0) is 10.0 Å². The molecule has 0 fully saturated rings. The molecule has 112 valence electrons. The SMILES string of the molecule is CSc1ccc(Cl)cc1NS(=O)(=O)c1cc(C(=O)O)cs1. The molecule has 0 unspecified atom stereocenters. The number of anilines is 1. The smallest absolute Gasteiger partial charge is 0.336 e. The van der Waals surface area contributed by atoms with Crippen LogP contribution in [-0.4, -0.2) is 25.7 Å². The third kappa shape index (κ3) is 3.70. The van der Waals surface area contributed by atoms with Gasteiger partial charge in [-0.3, -0.25) is 4.72 Å². The Hall–Kier alpha value is -1.22. The predicted molar refractivity (Wildman–Crippen MR) is 85.3 cm³/mol. The standard InChI is InChI=1S/C12H10ClNO4S3/c1-19-10-3-2-8(13)5-9(10)14-21(17,18)11-4-7(6-20-11)12(15)16/h2-6,14H,1H3,(H,15,16). The highest BCUT2D eigenvalue weighted by Crippen LogP contribution is 2.31. The first kappa shape index (κ1) is 16.2. The molecule has 0 saturated carbocycles. The van der Waals surface area contributed by atoms with Crippen LogP contribution < -0.4 is 4.72 Å². The third-order valence-electron chi connectivity index (χ3n) is 2.49. The number of carbonyl (C=O) groups is 1. The van der Waals surface area contributed by atoms with Gasteiger partial charge in [-0.25, -0.2) is 13.2 Å². The first-order valence-corrected chi connectivity index (χ1v) is 9.48. The minimum absolute atomic E-state index is 0.0587. The predicted octanol–water partition coefficient (Wildman–Crippen LogP) is 3.62. The first-order valence-electron chi connectivity index (χ1n) is 5.51. The minimum Gasteiger partial charge on any atom is -0.478 e. The van der Waals surface area contributed by atoms with Crippen LogP contribution in [0.4, 0.5) is 5.69 Å². The van der Waals surface area contributed by atoms with Gasteiger partial charge in [-0.05, 0) is 30.5 Å². The Kier molecular flexibility index (Phi) is 4.82. The van der Waals surface area contributed by atoms with E-state index in [-0.39, 0.29) is 9.77 Å². The average molecular weight is 364 g/mol. The molecule has 0 radical (unpaired) electrons. The zero-order valence-corrected chi connectivity index (χ0v) is 13.9. The molecule has 0 saturated heterocycles. The van der Waals surface area contributed by atoms with Gasteiger partial charge in [0.15, 0.2) is 0 Å². The zero-order valence-electron chi connectivity index (χ0n) is 10.7. The molecule has 0 bridgehead atoms. The van der Waals surface area contributed by atoms with E-state index >= 15 is 0 Å². The molecule has 0 aliphatic rings. The van der Waals surface area contributed by atoms with Crippen molar-refractivity contribution in [1.82, 2.24) is 0 Å². The van der Waals surface area contributed by atoms with Crippen molar-refractivity contribution in [3.8, 4) is 0 Å². The molecule has 0 aliphatic heterocycles. The summed E-state index contributed by atoms with van der Waals surface area (Å²) >= 11 is 8.10. The number of rotatable bonds is 5. The number of hydrogen-bond donors (Lipinski definition) is 2. The fourth-order valence-corrected chi connectivity index (χ4v) is 4.52. The Morgan fingerprint density at radius 2 is 2.10 bits per heavy atom. The molecule has 0 aliphatic carbocycles. The molecule has 2 rings (SSSR count). The van der Waals surface area contributed by atoms with Crippen molar-refractivity contribution >= 4 is 56.4 Å². The molecular formula is C12H10ClNO4S3. The van der Waals surface area contributed by atoms with E-state index in [1.54, 1.807) is 12.1 Å². The van der Waals surface area contributed by atoms with Gasteiger partial charge in [0.1, 0.15) is 4.21 Å². The second kappa shape index (κ2) is 6.27. The van der Waals surface area contributed by atoms with Gasteiger partial charge in [0, 0.05) is 15.3 Å². The van der Waals surface area contributed by atoms with Crippen molar-refractivity contribution in [2.45, 2.75) is 9.10 Å². The number of thioether (sulfide) groups is 1. The molecule has 21 heavy (non-hydrogen) atoms. The first-order chi connectivity index (χ1) is 9.83. The van der Waals surface area contributed by atoms with Crippen molar-refractivity contribution < 1.29 is 18.3 Å².